The van der Waals surface area contributed by atoms with Gasteiger partial charge in [-0.3, -0.25) is 9.36 Å². The summed E-state index contributed by atoms with van der Waals surface area (Å²) >= 11 is 0. The fourth-order valence-electron chi connectivity index (χ4n) is 9.95. The maximum Gasteiger partial charge on any atom is 0.268 e. The first-order valence-corrected chi connectivity index (χ1v) is 34.3. The monoisotopic (exact) mass is 1080 g/mol. The quantitative estimate of drug-likeness (QED) is 0.0272. The summed E-state index contributed by atoms with van der Waals surface area (Å²) in [4.78, 5) is 25.6. The fourth-order valence-corrected chi connectivity index (χ4v) is 10.7. The molecule has 0 fully saturated rings. The maximum atomic E-state index is 13.0. The van der Waals surface area contributed by atoms with Crippen molar-refractivity contribution in [2.24, 2.45) is 0 Å². The van der Waals surface area contributed by atoms with Crippen molar-refractivity contribution in [3.63, 3.8) is 0 Å². The number of quaternary nitrogens is 1. The molecule has 8 nitrogen and oxygen atoms in total. The van der Waals surface area contributed by atoms with Gasteiger partial charge < -0.3 is 28.8 Å². The molecular weight excluding hydrogens is 948 g/mol. The third-order valence-corrected chi connectivity index (χ3v) is 16.1. The van der Waals surface area contributed by atoms with Crippen molar-refractivity contribution in [3.05, 3.63) is 36.5 Å². The molecule has 444 valence electrons. The van der Waals surface area contributed by atoms with Crippen LogP contribution in [0.5, 0.6) is 0 Å². The molecule has 1 amide bonds. The average molecular weight is 1080 g/mol. The van der Waals surface area contributed by atoms with E-state index < -0.39 is 20.0 Å². The molecule has 75 heavy (non-hydrogen) atoms. The third kappa shape index (κ3) is 60.2. The molecular formula is C66H129N2O6P. The van der Waals surface area contributed by atoms with Crippen LogP contribution in [0.2, 0.25) is 0 Å². The topological polar surface area (TPSA) is 108 Å². The van der Waals surface area contributed by atoms with E-state index in [1.165, 1.54) is 263 Å². The lowest BCUT2D eigenvalue weighted by molar-refractivity contribution is -0.870. The predicted molar refractivity (Wildman–Crippen MR) is 325 cm³/mol. The van der Waals surface area contributed by atoms with Gasteiger partial charge in [-0.05, 0) is 51.4 Å². The number of hydrogen-bond donors (Lipinski definition) is 2. The maximum absolute atomic E-state index is 13.0. The minimum Gasteiger partial charge on any atom is -0.756 e. The van der Waals surface area contributed by atoms with Crippen molar-refractivity contribution < 1.29 is 32.9 Å². The Morgan fingerprint density at radius 2 is 0.773 bits per heavy atom. The van der Waals surface area contributed by atoms with Crippen LogP contribution in [0.3, 0.4) is 0 Å². The normalized spacial score (nSPS) is 14.0. The number of hydrogen-bond acceptors (Lipinski definition) is 6. The van der Waals surface area contributed by atoms with Gasteiger partial charge in [0, 0.05) is 6.42 Å². The Bertz CT molecular complexity index is 1320. The van der Waals surface area contributed by atoms with Crippen LogP contribution in [0.15, 0.2) is 36.5 Å². The molecule has 3 atom stereocenters. The van der Waals surface area contributed by atoms with Crippen LogP contribution in [0.4, 0.5) is 0 Å². The van der Waals surface area contributed by atoms with Crippen LogP contribution in [-0.2, 0) is 18.4 Å². The summed E-state index contributed by atoms with van der Waals surface area (Å²) < 4.78 is 23.4. The molecule has 3 unspecified atom stereocenters. The molecule has 0 saturated heterocycles. The van der Waals surface area contributed by atoms with Crippen LogP contribution in [0.25, 0.3) is 0 Å². The van der Waals surface area contributed by atoms with Crippen LogP contribution in [0, 0.1) is 0 Å². The van der Waals surface area contributed by atoms with Crippen molar-refractivity contribution >= 4 is 13.7 Å². The lowest BCUT2D eigenvalue weighted by atomic mass is 10.0. The number of unbranched alkanes of at least 4 members (excludes halogenated alkanes) is 44. The lowest BCUT2D eigenvalue weighted by Crippen LogP contribution is -2.45. The second-order valence-corrected chi connectivity index (χ2v) is 25.2. The van der Waals surface area contributed by atoms with Gasteiger partial charge in [0.05, 0.1) is 39.9 Å². The zero-order valence-electron chi connectivity index (χ0n) is 50.8. The Morgan fingerprint density at radius 3 is 1.11 bits per heavy atom. The van der Waals surface area contributed by atoms with Crippen molar-refractivity contribution in [1.82, 2.24) is 5.32 Å². The van der Waals surface area contributed by atoms with Gasteiger partial charge in [-0.2, -0.15) is 0 Å². The van der Waals surface area contributed by atoms with E-state index in [2.05, 4.69) is 43.5 Å². The zero-order chi connectivity index (χ0) is 54.9. The summed E-state index contributed by atoms with van der Waals surface area (Å²) in [6.45, 7) is 4.69. The summed E-state index contributed by atoms with van der Waals surface area (Å²) in [7, 11) is 1.27. The first kappa shape index (κ1) is 73.7. The molecule has 0 radical (unpaired) electrons. The number of nitrogens with zero attached hydrogens (tertiary/aromatic N) is 1. The molecule has 0 aromatic carbocycles. The minimum absolute atomic E-state index is 0.000381. The van der Waals surface area contributed by atoms with Crippen molar-refractivity contribution in [1.29, 1.82) is 0 Å². The number of phosphoric ester groups is 1. The summed E-state index contributed by atoms with van der Waals surface area (Å²) in [6.07, 6.45) is 75.3. The van der Waals surface area contributed by atoms with Crippen molar-refractivity contribution in [2.45, 2.75) is 341 Å². The van der Waals surface area contributed by atoms with E-state index in [-0.39, 0.29) is 19.1 Å². The molecule has 0 heterocycles. The van der Waals surface area contributed by atoms with Gasteiger partial charge in [-0.15, -0.1) is 0 Å². The molecule has 0 saturated carbocycles. The van der Waals surface area contributed by atoms with E-state index >= 15 is 0 Å². The average Bonchev–Trinajstić information content (AvgIpc) is 3.37. The molecule has 2 N–H and O–H groups in total. The highest BCUT2D eigenvalue weighted by Gasteiger charge is 2.23. The number of rotatable bonds is 61. The van der Waals surface area contributed by atoms with Crippen LogP contribution in [0.1, 0.15) is 328 Å². The molecule has 0 aliphatic carbocycles. The Morgan fingerprint density at radius 1 is 0.467 bits per heavy atom. The highest BCUT2D eigenvalue weighted by molar-refractivity contribution is 7.45. The summed E-state index contributed by atoms with van der Waals surface area (Å²) in [5.41, 5.74) is 0. The van der Waals surface area contributed by atoms with Gasteiger partial charge >= 0.3 is 0 Å². The van der Waals surface area contributed by atoms with Crippen LogP contribution >= 0.6 is 7.82 Å². The van der Waals surface area contributed by atoms with E-state index in [1.54, 1.807) is 6.08 Å². The number of carbonyl (C=O) groups excluding carboxylic acids is 1. The van der Waals surface area contributed by atoms with Crippen molar-refractivity contribution in [3.8, 4) is 0 Å². The molecule has 0 aliphatic heterocycles. The highest BCUT2D eigenvalue weighted by Crippen LogP contribution is 2.38. The number of amides is 1. The molecule has 0 bridgehead atoms. The molecule has 0 aromatic heterocycles. The second kappa shape index (κ2) is 57.4. The lowest BCUT2D eigenvalue weighted by Gasteiger charge is -2.29. The standard InChI is InChI=1S/C66H129N2O6P/c1-6-8-10-12-14-16-18-20-22-24-26-28-30-32-34-36-38-40-42-44-46-48-50-52-54-56-58-60-66(70)67-64(63-74-75(71,72)73-62-61-68(3,4)5)65(69)59-57-55-53-51-49-47-45-43-41-39-37-35-33-31-29-27-25-23-21-19-17-15-13-11-9-7-2/h18,20,24,26,57,59,64-65,69H,6-17,19,21-23,25,27-56,58,60-63H2,1-5H3,(H-,67,70,71,72)/b20-18-,26-24-,59-57+. The first-order valence-electron chi connectivity index (χ1n) is 32.9. The smallest absolute Gasteiger partial charge is 0.268 e. The summed E-state index contributed by atoms with van der Waals surface area (Å²) in [6, 6.07) is -0.887. The van der Waals surface area contributed by atoms with Gasteiger partial charge in [-0.25, -0.2) is 0 Å². The van der Waals surface area contributed by atoms with Gasteiger partial charge in [-0.1, -0.05) is 307 Å². The Hall–Kier alpha value is -1.28. The Kier molecular flexibility index (Phi) is 56.4. The third-order valence-electron chi connectivity index (χ3n) is 15.1. The van der Waals surface area contributed by atoms with E-state index in [4.69, 9.17) is 9.05 Å². The van der Waals surface area contributed by atoms with E-state index in [0.29, 0.717) is 17.4 Å². The SMILES string of the molecule is CCCCCCC/C=C\C/C=C\CCCCCCCCCCCCCCCCCC(=O)NC(COP(=O)([O-])OCC[N+](C)(C)C)C(O)/C=C/CCCCCCCCCCCCCCCCCCCCCCCCCC. The van der Waals surface area contributed by atoms with Crippen LogP contribution in [-0.4, -0.2) is 68.5 Å². The second-order valence-electron chi connectivity index (χ2n) is 23.8. The van der Waals surface area contributed by atoms with Gasteiger partial charge in [0.2, 0.25) is 5.91 Å². The molecule has 0 aromatic rings. The van der Waals surface area contributed by atoms with Crippen LogP contribution < -0.4 is 10.2 Å². The number of phosphoric acid groups is 1. The number of likely N-dealkylation sites (N-methyl/N-ethyl adjacent to an activating group) is 1. The predicted octanol–water partition coefficient (Wildman–Crippen LogP) is 19.9. The Balaban J connectivity index is 4.11. The number of carbonyl (C=O) groups is 1. The minimum atomic E-state index is -4.60. The van der Waals surface area contributed by atoms with E-state index in [1.807, 2.05) is 27.2 Å². The largest absolute Gasteiger partial charge is 0.756 e. The number of aliphatic hydroxyl groups is 1. The van der Waals surface area contributed by atoms with Gasteiger partial charge in [0.15, 0.2) is 0 Å². The summed E-state index contributed by atoms with van der Waals surface area (Å²) in [5.74, 6) is -0.192. The number of aliphatic hydroxyl groups excluding tert-OH is 1. The first-order chi connectivity index (χ1) is 36.5. The Labute approximate surface area is 467 Å². The number of allylic oxidation sites excluding steroid dienone is 5. The summed E-state index contributed by atoms with van der Waals surface area (Å²) in [5, 5.41) is 14.0. The van der Waals surface area contributed by atoms with E-state index in [0.717, 1.165) is 44.9 Å². The molecule has 0 aliphatic rings. The van der Waals surface area contributed by atoms with Gasteiger partial charge in [0.25, 0.3) is 7.82 Å². The number of nitrogens with one attached hydrogen (secondary N) is 1. The molecule has 9 heteroatoms. The molecule has 0 rings (SSSR count). The fraction of sp³-hybridized carbons (Fsp3) is 0.894. The van der Waals surface area contributed by atoms with Crippen molar-refractivity contribution in [2.75, 3.05) is 40.9 Å². The highest BCUT2D eigenvalue weighted by atomic mass is 31.2. The molecule has 0 spiro atoms. The zero-order valence-corrected chi connectivity index (χ0v) is 51.7. The van der Waals surface area contributed by atoms with Gasteiger partial charge in [0.1, 0.15) is 13.2 Å². The van der Waals surface area contributed by atoms with E-state index in [9.17, 15) is 19.4 Å².